The van der Waals surface area contributed by atoms with Crippen molar-refractivity contribution in [3.63, 3.8) is 0 Å². The maximum Gasteiger partial charge on any atom is 0.410 e. The molecule has 1 unspecified atom stereocenters. The highest BCUT2D eigenvalue weighted by molar-refractivity contribution is 9.10. The normalized spacial score (nSPS) is 18.0. The highest BCUT2D eigenvalue weighted by atomic mass is 79.9. The summed E-state index contributed by atoms with van der Waals surface area (Å²) in [6, 6.07) is 6.20. The van der Waals surface area contributed by atoms with Crippen molar-refractivity contribution in [2.24, 2.45) is 0 Å². The summed E-state index contributed by atoms with van der Waals surface area (Å²) in [7, 11) is 0. The van der Waals surface area contributed by atoms with E-state index in [1.807, 2.05) is 43.9 Å². The molecule has 1 atom stereocenters. The van der Waals surface area contributed by atoms with E-state index >= 15 is 0 Å². The van der Waals surface area contributed by atoms with Gasteiger partial charge in [-0.25, -0.2) is 4.79 Å². The van der Waals surface area contributed by atoms with Gasteiger partial charge in [0.05, 0.1) is 5.02 Å². The van der Waals surface area contributed by atoms with Gasteiger partial charge in [0.25, 0.3) is 0 Å². The van der Waals surface area contributed by atoms with E-state index in [-0.39, 0.29) is 12.1 Å². The van der Waals surface area contributed by atoms with Crippen molar-refractivity contribution in [2.45, 2.75) is 58.2 Å². The Morgan fingerprint density at radius 3 is 2.88 bits per heavy atom. The molecule has 1 saturated heterocycles. The van der Waals surface area contributed by atoms with Crippen molar-refractivity contribution in [1.29, 1.82) is 0 Å². The number of benzene rings is 1. The summed E-state index contributed by atoms with van der Waals surface area (Å²) in [6.45, 7) is 8.16. The molecule has 0 radical (unpaired) electrons. The van der Waals surface area contributed by atoms with E-state index in [2.05, 4.69) is 21.2 Å². The van der Waals surface area contributed by atoms with Crippen LogP contribution in [-0.2, 0) is 11.3 Å². The van der Waals surface area contributed by atoms with Crippen LogP contribution in [0.3, 0.4) is 0 Å². The van der Waals surface area contributed by atoms with Gasteiger partial charge in [-0.2, -0.15) is 0 Å². The Labute approximate surface area is 158 Å². The van der Waals surface area contributed by atoms with Gasteiger partial charge in [-0.1, -0.05) is 17.7 Å². The Balaban J connectivity index is 1.76. The molecule has 0 spiro atoms. The Hall–Kier alpha value is -0.780. The number of hydrogen-bond donors (Lipinski definition) is 1. The molecule has 6 heteroatoms. The molecule has 1 aliphatic heterocycles. The number of halogens is 2. The van der Waals surface area contributed by atoms with Crippen LogP contribution in [0, 0.1) is 0 Å². The minimum absolute atomic E-state index is 0.188. The van der Waals surface area contributed by atoms with E-state index in [1.165, 1.54) is 5.56 Å². The number of rotatable bonds is 5. The molecular formula is C18H26BrClN2O2. The first kappa shape index (κ1) is 19.5. The van der Waals surface area contributed by atoms with Crippen LogP contribution in [0.25, 0.3) is 0 Å². The molecule has 0 saturated carbocycles. The van der Waals surface area contributed by atoms with Gasteiger partial charge in [0, 0.05) is 23.6 Å². The first-order chi connectivity index (χ1) is 11.3. The largest absolute Gasteiger partial charge is 0.444 e. The standard InChI is InChI=1S/C18H26BrClN2O2/c1-18(2,3)24-17(23)22-10-4-5-14(22)8-9-21-12-13-6-7-16(20)15(19)11-13/h6-7,11,14,21H,4-5,8-10,12H2,1-3H3. The lowest BCUT2D eigenvalue weighted by Gasteiger charge is -2.28. The number of likely N-dealkylation sites (tertiary alicyclic amines) is 1. The summed E-state index contributed by atoms with van der Waals surface area (Å²) < 4.78 is 6.41. The van der Waals surface area contributed by atoms with Gasteiger partial charge in [-0.15, -0.1) is 0 Å². The summed E-state index contributed by atoms with van der Waals surface area (Å²) in [6.07, 6.45) is 2.85. The number of nitrogens with one attached hydrogen (secondary N) is 1. The summed E-state index contributed by atoms with van der Waals surface area (Å²) in [5.74, 6) is 0. The first-order valence-corrected chi connectivity index (χ1v) is 9.57. The number of ether oxygens (including phenoxy) is 1. The van der Waals surface area contributed by atoms with Crippen molar-refractivity contribution in [1.82, 2.24) is 10.2 Å². The van der Waals surface area contributed by atoms with Gasteiger partial charge in [0.15, 0.2) is 0 Å². The Morgan fingerprint density at radius 2 is 2.21 bits per heavy atom. The summed E-state index contributed by atoms with van der Waals surface area (Å²) in [5.41, 5.74) is 0.742. The van der Waals surface area contributed by atoms with Crippen LogP contribution in [0.2, 0.25) is 5.02 Å². The second-order valence-electron chi connectivity index (χ2n) is 7.18. The van der Waals surface area contributed by atoms with Gasteiger partial charge in [-0.3, -0.25) is 0 Å². The topological polar surface area (TPSA) is 41.6 Å². The molecule has 1 amide bonds. The van der Waals surface area contributed by atoms with Crippen molar-refractivity contribution in [2.75, 3.05) is 13.1 Å². The zero-order valence-corrected chi connectivity index (χ0v) is 16.9. The molecule has 0 aliphatic carbocycles. The van der Waals surface area contributed by atoms with Crippen LogP contribution in [-0.4, -0.2) is 35.7 Å². The van der Waals surface area contributed by atoms with Crippen molar-refractivity contribution in [3.8, 4) is 0 Å². The molecule has 1 N–H and O–H groups in total. The monoisotopic (exact) mass is 416 g/mol. The molecule has 1 fully saturated rings. The lowest BCUT2D eigenvalue weighted by molar-refractivity contribution is 0.0220. The predicted molar refractivity (Wildman–Crippen MR) is 101 cm³/mol. The molecule has 0 aromatic heterocycles. The van der Waals surface area contributed by atoms with Crippen molar-refractivity contribution in [3.05, 3.63) is 33.3 Å². The first-order valence-electron chi connectivity index (χ1n) is 8.40. The molecular weight excluding hydrogens is 392 g/mol. The molecule has 0 bridgehead atoms. The number of amides is 1. The van der Waals surface area contributed by atoms with Crippen LogP contribution in [0.1, 0.15) is 45.6 Å². The molecule has 4 nitrogen and oxygen atoms in total. The zero-order chi connectivity index (χ0) is 17.7. The van der Waals surface area contributed by atoms with Gasteiger partial charge < -0.3 is 15.0 Å². The summed E-state index contributed by atoms with van der Waals surface area (Å²) >= 11 is 9.44. The third kappa shape index (κ3) is 5.94. The minimum atomic E-state index is -0.440. The van der Waals surface area contributed by atoms with E-state index in [0.717, 1.165) is 48.4 Å². The van der Waals surface area contributed by atoms with E-state index in [9.17, 15) is 4.79 Å². The second-order valence-corrected chi connectivity index (χ2v) is 8.45. The van der Waals surface area contributed by atoms with E-state index < -0.39 is 5.60 Å². The van der Waals surface area contributed by atoms with Gasteiger partial charge in [0.1, 0.15) is 5.60 Å². The summed E-state index contributed by atoms with van der Waals surface area (Å²) in [4.78, 5) is 14.1. The fourth-order valence-corrected chi connectivity index (χ4v) is 3.39. The molecule has 1 aromatic rings. The molecule has 1 heterocycles. The SMILES string of the molecule is CC(C)(C)OC(=O)N1CCCC1CCNCc1ccc(Cl)c(Br)c1. The van der Waals surface area contributed by atoms with Gasteiger partial charge in [-0.05, 0) is 80.2 Å². The zero-order valence-electron chi connectivity index (χ0n) is 14.6. The molecule has 2 rings (SSSR count). The van der Waals surface area contributed by atoms with Crippen LogP contribution in [0.15, 0.2) is 22.7 Å². The molecule has 1 aliphatic rings. The Kier molecular flexibility index (Phi) is 6.96. The Bertz CT molecular complexity index is 575. The smallest absolute Gasteiger partial charge is 0.410 e. The second kappa shape index (κ2) is 8.54. The third-order valence-corrected chi connectivity index (χ3v) is 5.19. The third-order valence-electron chi connectivity index (χ3n) is 3.97. The number of nitrogens with zero attached hydrogens (tertiary/aromatic N) is 1. The van der Waals surface area contributed by atoms with Crippen LogP contribution in [0.4, 0.5) is 4.79 Å². The van der Waals surface area contributed by atoms with E-state index in [1.54, 1.807) is 0 Å². The van der Waals surface area contributed by atoms with Crippen molar-refractivity contribution < 1.29 is 9.53 Å². The lowest BCUT2D eigenvalue weighted by atomic mass is 10.1. The predicted octanol–water partition coefficient (Wildman–Crippen LogP) is 4.98. The quantitative estimate of drug-likeness (QED) is 0.687. The fraction of sp³-hybridized carbons (Fsp3) is 0.611. The van der Waals surface area contributed by atoms with Crippen LogP contribution < -0.4 is 5.32 Å². The highest BCUT2D eigenvalue weighted by Gasteiger charge is 2.31. The Morgan fingerprint density at radius 1 is 1.46 bits per heavy atom. The molecule has 24 heavy (non-hydrogen) atoms. The number of hydrogen-bond acceptors (Lipinski definition) is 3. The van der Waals surface area contributed by atoms with E-state index in [0.29, 0.717) is 0 Å². The fourth-order valence-electron chi connectivity index (χ4n) is 2.85. The van der Waals surface area contributed by atoms with E-state index in [4.69, 9.17) is 16.3 Å². The number of carbonyl (C=O) groups is 1. The van der Waals surface area contributed by atoms with Crippen molar-refractivity contribution >= 4 is 33.6 Å². The van der Waals surface area contributed by atoms with Crippen LogP contribution in [0.5, 0.6) is 0 Å². The summed E-state index contributed by atoms with van der Waals surface area (Å²) in [5, 5.41) is 4.16. The lowest BCUT2D eigenvalue weighted by Crippen LogP contribution is -2.40. The minimum Gasteiger partial charge on any atom is -0.444 e. The average Bonchev–Trinajstić information content (AvgIpc) is 2.94. The van der Waals surface area contributed by atoms with Gasteiger partial charge in [0.2, 0.25) is 0 Å². The molecule has 1 aromatic carbocycles. The number of carbonyl (C=O) groups excluding carboxylic acids is 1. The maximum absolute atomic E-state index is 12.3. The average molecular weight is 418 g/mol. The maximum atomic E-state index is 12.3. The van der Waals surface area contributed by atoms with Gasteiger partial charge >= 0.3 is 6.09 Å². The highest BCUT2D eigenvalue weighted by Crippen LogP contribution is 2.24. The molecule has 134 valence electrons. The van der Waals surface area contributed by atoms with Crippen LogP contribution >= 0.6 is 27.5 Å².